The average Bonchev–Trinajstić information content (AvgIpc) is 1.85. The molecule has 3 atom stereocenters. The third-order valence-electron chi connectivity index (χ3n) is 1.29. The topological polar surface area (TPSA) is 0 Å². The summed E-state index contributed by atoms with van der Waals surface area (Å²) in [6.07, 6.45) is 13.6. The zero-order chi connectivity index (χ0) is 8.85. The molecule has 0 saturated carbocycles. The Kier molecular flexibility index (Phi) is 6.36. The van der Waals surface area contributed by atoms with Crippen molar-refractivity contribution in [2.45, 2.75) is 6.92 Å². The van der Waals surface area contributed by atoms with E-state index in [4.69, 9.17) is 0 Å². The second-order valence-corrected chi connectivity index (χ2v) is 10.1. The lowest BCUT2D eigenvalue weighted by Gasteiger charge is -1.83. The van der Waals surface area contributed by atoms with Crippen LogP contribution >= 0.6 is 22.6 Å². The first-order valence-corrected chi connectivity index (χ1v) is 9.64. The predicted octanol–water partition coefficient (Wildman–Crippen LogP) is 3.29. The minimum Gasteiger partial charge on any atom is -0.0241 e. The molecule has 3 unspecified atom stereocenters. The molecule has 0 fully saturated rings. The van der Waals surface area contributed by atoms with Gasteiger partial charge in [-0.05, 0) is 6.92 Å². The normalized spacial score (nSPS) is 14.2. The summed E-state index contributed by atoms with van der Waals surface area (Å²) in [5.74, 6) is 2.57. The van der Waals surface area contributed by atoms with Crippen LogP contribution in [0.25, 0.3) is 0 Å². The van der Waals surface area contributed by atoms with Crippen molar-refractivity contribution in [2.75, 3.05) is 24.6 Å². The molecule has 0 aromatic carbocycles. The number of rotatable bonds is 5. The fraction of sp³-hybridized carbons (Fsp3) is 0.625. The van der Waals surface area contributed by atoms with Crippen LogP contribution in [0.4, 0.5) is 0 Å². The highest BCUT2D eigenvalue weighted by Gasteiger charge is 2.19. The van der Waals surface area contributed by atoms with Crippen LogP contribution in [0.3, 0.4) is 0 Å². The maximum absolute atomic E-state index is 4.18. The lowest BCUT2D eigenvalue weighted by atomic mass is 11.0. The summed E-state index contributed by atoms with van der Waals surface area (Å²) in [7, 11) is 0.0913. The van der Waals surface area contributed by atoms with E-state index in [0.717, 1.165) is 0 Å². The fourth-order valence-electron chi connectivity index (χ4n) is 0.769. The summed E-state index contributed by atoms with van der Waals surface area (Å²) in [6.45, 7) is 4.45. The van der Waals surface area contributed by atoms with Crippen molar-refractivity contribution in [3.63, 3.8) is 0 Å². The fourth-order valence-corrected chi connectivity index (χ4v) is 7.73. The van der Waals surface area contributed by atoms with Gasteiger partial charge in [-0.15, -0.1) is 0 Å². The Morgan fingerprint density at radius 2 is 1.55 bits per heavy atom. The van der Waals surface area contributed by atoms with Crippen molar-refractivity contribution in [1.29, 1.82) is 0 Å². The SMILES string of the molecule is C=[P+](C)C[P+](=C)C[P+](=C)CC. The summed E-state index contributed by atoms with van der Waals surface area (Å²) in [4.78, 5) is 0. The van der Waals surface area contributed by atoms with Crippen molar-refractivity contribution in [2.24, 2.45) is 0 Å². The Morgan fingerprint density at radius 1 is 1.00 bits per heavy atom. The Morgan fingerprint density at radius 3 is 1.91 bits per heavy atom. The molecule has 3 heteroatoms. The highest BCUT2D eigenvalue weighted by molar-refractivity contribution is 7.79. The lowest BCUT2D eigenvalue weighted by molar-refractivity contribution is 1.51. The molecule has 0 saturated heterocycles. The first-order valence-electron chi connectivity index (χ1n) is 3.68. The molecule has 0 spiro atoms. The van der Waals surface area contributed by atoms with E-state index >= 15 is 0 Å². The average molecular weight is 207 g/mol. The van der Waals surface area contributed by atoms with Crippen LogP contribution in [0.15, 0.2) is 0 Å². The number of hydrogen-bond donors (Lipinski definition) is 0. The Bertz CT molecular complexity index is 182. The van der Waals surface area contributed by atoms with Crippen LogP contribution in [0, 0.1) is 0 Å². The Labute approximate surface area is 73.6 Å². The summed E-state index contributed by atoms with van der Waals surface area (Å²) < 4.78 is 0. The van der Waals surface area contributed by atoms with Gasteiger partial charge in [-0.2, -0.15) is 0 Å². The van der Waals surface area contributed by atoms with Gasteiger partial charge in [0.05, 0.1) is 25.6 Å². The van der Waals surface area contributed by atoms with Gasteiger partial charge in [-0.3, -0.25) is 0 Å². The molecule has 0 aliphatic heterocycles. The molecule has 0 aliphatic carbocycles. The van der Waals surface area contributed by atoms with Gasteiger partial charge in [0.2, 0.25) is 0 Å². The van der Waals surface area contributed by atoms with E-state index in [9.17, 15) is 0 Å². The second-order valence-electron chi connectivity index (χ2n) is 2.80. The quantitative estimate of drug-likeness (QED) is 0.607. The van der Waals surface area contributed by atoms with Gasteiger partial charge >= 0.3 is 0 Å². The molecule has 0 aliphatic rings. The van der Waals surface area contributed by atoms with E-state index in [-0.39, 0.29) is 22.6 Å². The van der Waals surface area contributed by atoms with Gasteiger partial charge in [0.1, 0.15) is 21.3 Å². The summed E-state index contributed by atoms with van der Waals surface area (Å²) in [6, 6.07) is 0. The molecule has 0 aromatic rings. The molecule has 0 bridgehead atoms. The first kappa shape index (κ1) is 11.5. The van der Waals surface area contributed by atoms with Gasteiger partial charge in [0, 0.05) is 0 Å². The molecule has 0 N–H and O–H groups in total. The molecule has 62 valence electrons. The minimum absolute atomic E-state index is 0.0174. The predicted molar refractivity (Wildman–Crippen MR) is 68.3 cm³/mol. The van der Waals surface area contributed by atoms with Crippen molar-refractivity contribution in [1.82, 2.24) is 0 Å². The van der Waals surface area contributed by atoms with Gasteiger partial charge in [0.25, 0.3) is 11.8 Å². The van der Waals surface area contributed by atoms with E-state index < -0.39 is 0 Å². The molecule has 0 rings (SSSR count). The Balaban J connectivity index is 3.70. The third kappa shape index (κ3) is 6.89. The Hall–Kier alpha value is 0.510. The summed E-state index contributed by atoms with van der Waals surface area (Å²) in [5.41, 5.74) is 0. The summed E-state index contributed by atoms with van der Waals surface area (Å²) >= 11 is 0. The zero-order valence-electron chi connectivity index (χ0n) is 7.58. The molecule has 0 radical (unpaired) electrons. The van der Waals surface area contributed by atoms with Crippen molar-refractivity contribution >= 4 is 41.5 Å². The summed E-state index contributed by atoms with van der Waals surface area (Å²) in [5, 5.41) is 0. The van der Waals surface area contributed by atoms with Crippen LogP contribution in [-0.2, 0) is 0 Å². The standard InChI is InChI=1S/C8H18P3/c1-6-10(4)8-11(5)7-9(2)3/h2,4-8H2,1,3H3/q+3. The molecule has 0 amide bonds. The highest BCUT2D eigenvalue weighted by Crippen LogP contribution is 2.39. The molecule has 0 nitrogen and oxygen atoms in total. The molecule has 11 heavy (non-hydrogen) atoms. The van der Waals surface area contributed by atoms with Crippen LogP contribution in [0.2, 0.25) is 0 Å². The van der Waals surface area contributed by atoms with Crippen LogP contribution in [-0.4, -0.2) is 43.5 Å². The van der Waals surface area contributed by atoms with Crippen LogP contribution in [0.5, 0.6) is 0 Å². The zero-order valence-corrected chi connectivity index (χ0v) is 10.3. The van der Waals surface area contributed by atoms with E-state index in [1.165, 1.54) is 18.0 Å². The van der Waals surface area contributed by atoms with Gasteiger partial charge < -0.3 is 0 Å². The van der Waals surface area contributed by atoms with E-state index in [2.05, 4.69) is 32.5 Å². The van der Waals surface area contributed by atoms with Crippen molar-refractivity contribution in [3.05, 3.63) is 0 Å². The van der Waals surface area contributed by atoms with E-state index in [1.807, 2.05) is 0 Å². The smallest absolute Gasteiger partial charge is 0.0241 e. The van der Waals surface area contributed by atoms with E-state index in [1.54, 1.807) is 0 Å². The van der Waals surface area contributed by atoms with Gasteiger partial charge in [-0.25, -0.2) is 0 Å². The molecular weight excluding hydrogens is 189 g/mol. The van der Waals surface area contributed by atoms with E-state index in [0.29, 0.717) is 0 Å². The van der Waals surface area contributed by atoms with Gasteiger partial charge in [-0.1, -0.05) is 0 Å². The van der Waals surface area contributed by atoms with Crippen LogP contribution < -0.4 is 0 Å². The maximum Gasteiger partial charge on any atom is 0.256 e. The first-order chi connectivity index (χ1) is 5.06. The lowest BCUT2D eigenvalue weighted by Crippen LogP contribution is -1.76. The monoisotopic (exact) mass is 207 g/mol. The van der Waals surface area contributed by atoms with Crippen molar-refractivity contribution < 1.29 is 0 Å². The number of hydrogen-bond acceptors (Lipinski definition) is 0. The molecule has 0 aromatic heterocycles. The maximum atomic E-state index is 4.18. The van der Waals surface area contributed by atoms with Gasteiger partial charge in [0.15, 0.2) is 7.55 Å². The third-order valence-corrected chi connectivity index (χ3v) is 8.91. The second kappa shape index (κ2) is 6.07. The molecule has 0 heterocycles. The minimum atomic E-state index is 0.0174. The largest absolute Gasteiger partial charge is 0.256 e. The van der Waals surface area contributed by atoms with Crippen molar-refractivity contribution in [3.8, 4) is 0 Å². The van der Waals surface area contributed by atoms with Crippen LogP contribution in [0.1, 0.15) is 6.92 Å². The molecular formula is C8H18P3+3. The highest BCUT2D eigenvalue weighted by atomic mass is 31.2.